The van der Waals surface area contributed by atoms with Gasteiger partial charge in [-0.25, -0.2) is 4.98 Å². The van der Waals surface area contributed by atoms with E-state index < -0.39 is 0 Å². The molecule has 6 heteroatoms. The monoisotopic (exact) mass is 416 g/mol. The molecule has 1 aliphatic carbocycles. The Bertz CT molecular complexity index is 1060. The number of aromatic nitrogens is 3. The fourth-order valence-corrected chi connectivity index (χ4v) is 5.52. The van der Waals surface area contributed by atoms with E-state index >= 15 is 0 Å². The standard InChI is InChI=1S/C25H32N6/c1-19-5-3-11-26-25(19)22-6-4-12-30(22)17-20-18-31-23(27-20)7-2-8-24(31)29-15-13-28(14-16-29)21-9-10-21/h2-3,5,7-8,11,18,21-22H,4,6,9-10,12-17H2,1H3. The number of piperazine rings is 1. The molecule has 6 nitrogen and oxygen atoms in total. The predicted molar refractivity (Wildman–Crippen MR) is 123 cm³/mol. The molecule has 2 aliphatic heterocycles. The van der Waals surface area contributed by atoms with Crippen molar-refractivity contribution in [2.45, 2.75) is 51.2 Å². The lowest BCUT2D eigenvalue weighted by atomic mass is 10.1. The molecule has 1 saturated carbocycles. The Labute approximate surface area is 184 Å². The number of fused-ring (bicyclic) bond motifs is 1. The van der Waals surface area contributed by atoms with Gasteiger partial charge >= 0.3 is 0 Å². The van der Waals surface area contributed by atoms with E-state index in [1.807, 2.05) is 12.3 Å². The molecule has 6 rings (SSSR count). The molecule has 0 amide bonds. The Balaban J connectivity index is 1.22. The number of nitrogens with zero attached hydrogens (tertiary/aromatic N) is 6. The fraction of sp³-hybridized carbons (Fsp3) is 0.520. The van der Waals surface area contributed by atoms with Crippen LogP contribution in [0.4, 0.5) is 5.82 Å². The highest BCUT2D eigenvalue weighted by molar-refractivity contribution is 5.53. The second kappa shape index (κ2) is 7.92. The summed E-state index contributed by atoms with van der Waals surface area (Å²) in [5.74, 6) is 1.28. The van der Waals surface area contributed by atoms with Gasteiger partial charge in [-0.05, 0) is 62.9 Å². The largest absolute Gasteiger partial charge is 0.355 e. The molecule has 1 atom stereocenters. The number of rotatable bonds is 5. The average molecular weight is 417 g/mol. The summed E-state index contributed by atoms with van der Waals surface area (Å²) in [7, 11) is 0. The Morgan fingerprint density at radius 2 is 1.84 bits per heavy atom. The first-order chi connectivity index (χ1) is 15.3. The number of imidazole rings is 1. The predicted octanol–water partition coefficient (Wildman–Crippen LogP) is 3.66. The van der Waals surface area contributed by atoms with E-state index in [1.54, 1.807) is 0 Å². The van der Waals surface area contributed by atoms with E-state index in [2.05, 4.69) is 56.5 Å². The highest BCUT2D eigenvalue weighted by Gasteiger charge is 2.32. The van der Waals surface area contributed by atoms with Gasteiger partial charge in [0.1, 0.15) is 11.5 Å². The number of likely N-dealkylation sites (tertiary alicyclic amines) is 1. The van der Waals surface area contributed by atoms with Gasteiger partial charge in [0.15, 0.2) is 0 Å². The molecule has 1 unspecified atom stereocenters. The lowest BCUT2D eigenvalue weighted by Crippen LogP contribution is -2.47. The van der Waals surface area contributed by atoms with Crippen molar-refractivity contribution in [2.24, 2.45) is 0 Å². The number of pyridine rings is 2. The van der Waals surface area contributed by atoms with Gasteiger partial charge in [-0.15, -0.1) is 0 Å². The second-order valence-electron chi connectivity index (χ2n) is 9.43. The first kappa shape index (κ1) is 19.3. The molecule has 5 heterocycles. The maximum Gasteiger partial charge on any atom is 0.138 e. The summed E-state index contributed by atoms with van der Waals surface area (Å²) < 4.78 is 2.30. The van der Waals surface area contributed by atoms with Crippen LogP contribution in [-0.4, -0.2) is 62.9 Å². The van der Waals surface area contributed by atoms with E-state index in [4.69, 9.17) is 9.97 Å². The van der Waals surface area contributed by atoms with E-state index in [0.717, 1.165) is 43.6 Å². The molecular formula is C25H32N6. The Hall–Kier alpha value is -2.44. The van der Waals surface area contributed by atoms with Crippen LogP contribution < -0.4 is 4.90 Å². The van der Waals surface area contributed by atoms with Crippen LogP contribution >= 0.6 is 0 Å². The molecule has 0 radical (unpaired) electrons. The van der Waals surface area contributed by atoms with Gasteiger partial charge in [0, 0.05) is 51.2 Å². The maximum atomic E-state index is 5.00. The van der Waals surface area contributed by atoms with Crippen molar-refractivity contribution in [1.82, 2.24) is 24.2 Å². The maximum absolute atomic E-state index is 5.00. The second-order valence-corrected chi connectivity index (χ2v) is 9.43. The third-order valence-corrected chi connectivity index (χ3v) is 7.32. The first-order valence-electron chi connectivity index (χ1n) is 11.9. The van der Waals surface area contributed by atoms with Gasteiger partial charge in [0.05, 0.1) is 17.4 Å². The highest BCUT2D eigenvalue weighted by atomic mass is 15.3. The van der Waals surface area contributed by atoms with Crippen molar-refractivity contribution >= 4 is 11.5 Å². The zero-order valence-corrected chi connectivity index (χ0v) is 18.5. The number of hydrogen-bond acceptors (Lipinski definition) is 5. The summed E-state index contributed by atoms with van der Waals surface area (Å²) in [6.07, 6.45) is 9.40. The van der Waals surface area contributed by atoms with Crippen LogP contribution in [0.15, 0.2) is 42.7 Å². The van der Waals surface area contributed by atoms with E-state index in [9.17, 15) is 0 Å². The quantitative estimate of drug-likeness (QED) is 0.635. The van der Waals surface area contributed by atoms with Crippen molar-refractivity contribution in [1.29, 1.82) is 0 Å². The molecule has 31 heavy (non-hydrogen) atoms. The molecule has 3 fully saturated rings. The summed E-state index contributed by atoms with van der Waals surface area (Å²) in [4.78, 5) is 17.5. The minimum atomic E-state index is 0.404. The summed E-state index contributed by atoms with van der Waals surface area (Å²) in [6, 6.07) is 12.0. The third-order valence-electron chi connectivity index (χ3n) is 7.32. The lowest BCUT2D eigenvalue weighted by molar-refractivity contribution is 0.241. The topological polar surface area (TPSA) is 39.9 Å². The van der Waals surface area contributed by atoms with Crippen molar-refractivity contribution in [3.05, 3.63) is 59.7 Å². The Morgan fingerprint density at radius 1 is 0.968 bits per heavy atom. The molecule has 0 bridgehead atoms. The summed E-state index contributed by atoms with van der Waals surface area (Å²) in [5.41, 5.74) is 4.74. The summed E-state index contributed by atoms with van der Waals surface area (Å²) >= 11 is 0. The minimum absolute atomic E-state index is 0.404. The van der Waals surface area contributed by atoms with Crippen LogP contribution in [0.1, 0.15) is 48.7 Å². The first-order valence-corrected chi connectivity index (χ1v) is 11.9. The van der Waals surface area contributed by atoms with Crippen LogP contribution in [0.3, 0.4) is 0 Å². The summed E-state index contributed by atoms with van der Waals surface area (Å²) in [5, 5.41) is 0. The SMILES string of the molecule is Cc1cccnc1C1CCCN1Cc1cn2c(N3CCN(C4CC4)CC3)cccc2n1. The van der Waals surface area contributed by atoms with Crippen LogP contribution in [0.2, 0.25) is 0 Å². The van der Waals surface area contributed by atoms with Crippen molar-refractivity contribution in [3.8, 4) is 0 Å². The van der Waals surface area contributed by atoms with Crippen molar-refractivity contribution in [2.75, 3.05) is 37.6 Å². The number of hydrogen-bond donors (Lipinski definition) is 0. The van der Waals surface area contributed by atoms with Crippen LogP contribution in [0, 0.1) is 6.92 Å². The molecule has 0 aromatic carbocycles. The number of aryl methyl sites for hydroxylation is 1. The minimum Gasteiger partial charge on any atom is -0.355 e. The van der Waals surface area contributed by atoms with Gasteiger partial charge in [-0.1, -0.05) is 12.1 Å². The molecule has 3 aromatic rings. The molecule has 162 valence electrons. The number of anilines is 1. The summed E-state index contributed by atoms with van der Waals surface area (Å²) in [6.45, 7) is 8.76. The van der Waals surface area contributed by atoms with Gasteiger partial charge < -0.3 is 4.90 Å². The van der Waals surface area contributed by atoms with Crippen molar-refractivity contribution in [3.63, 3.8) is 0 Å². The van der Waals surface area contributed by atoms with Gasteiger partial charge in [-0.3, -0.25) is 19.2 Å². The average Bonchev–Trinajstić information content (AvgIpc) is 3.41. The van der Waals surface area contributed by atoms with Gasteiger partial charge in [-0.2, -0.15) is 0 Å². The van der Waals surface area contributed by atoms with E-state index in [0.29, 0.717) is 6.04 Å². The molecule has 0 N–H and O–H groups in total. The highest BCUT2D eigenvalue weighted by Crippen LogP contribution is 2.34. The van der Waals surface area contributed by atoms with E-state index in [1.165, 1.54) is 55.8 Å². The van der Waals surface area contributed by atoms with Crippen LogP contribution in [0.5, 0.6) is 0 Å². The molecule has 0 spiro atoms. The Morgan fingerprint density at radius 3 is 2.65 bits per heavy atom. The smallest absolute Gasteiger partial charge is 0.138 e. The lowest BCUT2D eigenvalue weighted by Gasteiger charge is -2.36. The molecule has 3 aliphatic rings. The fourth-order valence-electron chi connectivity index (χ4n) is 5.52. The van der Waals surface area contributed by atoms with Gasteiger partial charge in [0.2, 0.25) is 0 Å². The van der Waals surface area contributed by atoms with E-state index in [-0.39, 0.29) is 0 Å². The zero-order chi connectivity index (χ0) is 20.8. The van der Waals surface area contributed by atoms with Gasteiger partial charge in [0.25, 0.3) is 0 Å². The van der Waals surface area contributed by atoms with Crippen LogP contribution in [0.25, 0.3) is 5.65 Å². The Kier molecular flexibility index (Phi) is 4.92. The normalized spacial score (nSPS) is 23.1. The van der Waals surface area contributed by atoms with Crippen molar-refractivity contribution < 1.29 is 0 Å². The molecular weight excluding hydrogens is 384 g/mol. The molecule has 2 saturated heterocycles. The molecule has 3 aromatic heterocycles. The third kappa shape index (κ3) is 3.72. The van der Waals surface area contributed by atoms with Crippen LogP contribution in [-0.2, 0) is 6.54 Å². The zero-order valence-electron chi connectivity index (χ0n) is 18.5.